The number of aromatic nitrogens is 8. The Balaban J connectivity index is 0.991. The van der Waals surface area contributed by atoms with E-state index in [-0.39, 0.29) is 39.9 Å². The topological polar surface area (TPSA) is 391 Å². The number of phosphoric ester groups is 2. The van der Waals surface area contributed by atoms with Crippen molar-refractivity contribution >= 4 is 62.9 Å². The second-order valence-electron chi connectivity index (χ2n) is 11.0. The Hall–Kier alpha value is -3.10. The van der Waals surface area contributed by atoms with Crippen LogP contribution in [0.15, 0.2) is 25.3 Å². The van der Waals surface area contributed by atoms with Gasteiger partial charge in [0.15, 0.2) is 42.7 Å². The number of aliphatic hydroxyl groups is 4. The summed E-state index contributed by atoms with van der Waals surface area (Å²) < 4.78 is 57.1. The fourth-order valence-corrected chi connectivity index (χ4v) is 8.24. The molecule has 26 nitrogen and oxygen atoms in total. The maximum Gasteiger partial charge on any atom is 0.476 e. The highest BCUT2D eigenvalue weighted by atomic mass is 31.2. The molecule has 0 spiro atoms. The fourth-order valence-electron chi connectivity index (χ4n) is 5.03. The lowest BCUT2D eigenvalue weighted by atomic mass is 10.1. The highest BCUT2D eigenvalue weighted by Gasteiger charge is 2.47. The number of rotatable bonds is 13. The Morgan fingerprint density at radius 2 is 1.14 bits per heavy atom. The summed E-state index contributed by atoms with van der Waals surface area (Å²) in [6.07, 6.45) is -8.41. The van der Waals surface area contributed by atoms with E-state index >= 15 is 0 Å². The van der Waals surface area contributed by atoms with E-state index in [9.17, 15) is 49.1 Å². The standard InChI is InChI=1S/C22H31N10O16P3/c23-17-11-19(27-3-25-17)31(5-29-11)21-15(35)13(33)9(47-21)1-43-50(39,40)45-7-49(37,38)8-46-51(41,42)44-2-10-14(34)16(36)22(48-10)32-6-30-12-18(24)26-4-28-20(12)32/h3-7,9-10,13-16,21-22,33-38H,1-2,8H2,(H,39,40)(H,41,42)(H2,23,25,27)(H2,24,26,28)/t9?,10-,13-,14-,15-,16-,21-,22?/m1/s1. The molecule has 0 bridgehead atoms. The summed E-state index contributed by atoms with van der Waals surface area (Å²) in [6, 6.07) is 0. The summed E-state index contributed by atoms with van der Waals surface area (Å²) in [5, 5.41) is 41.9. The van der Waals surface area contributed by atoms with Gasteiger partial charge < -0.3 is 60.9 Å². The predicted octanol–water partition coefficient (Wildman–Crippen LogP) is -3.11. The summed E-state index contributed by atoms with van der Waals surface area (Å²) in [5.74, 6) is 0.158. The van der Waals surface area contributed by atoms with Gasteiger partial charge in [0, 0.05) is 0 Å². The van der Waals surface area contributed by atoms with Crippen molar-refractivity contribution in [2.45, 2.75) is 49.1 Å². The van der Waals surface area contributed by atoms with E-state index < -0.39 is 91.6 Å². The van der Waals surface area contributed by atoms with Gasteiger partial charge in [0.25, 0.3) is 0 Å². The largest absolute Gasteiger partial charge is 0.476 e. The van der Waals surface area contributed by atoms with E-state index in [1.807, 2.05) is 0 Å². The van der Waals surface area contributed by atoms with Crippen molar-refractivity contribution in [3.8, 4) is 0 Å². The molecule has 10 atom stereocenters. The SMILES string of the molecule is Nc1ncnc2c1ncn2C1O[C@H](COP(=O)(O)OCP(O)(O)=COP(=O)(O)OCC2O[C@@H](n3cnc4c(N)ncnc43)[C@H](O)[C@@H]2O)[C@@H](O)[C@H]1O. The Kier molecular flexibility index (Phi) is 10.6. The number of phosphoric acid groups is 2. The van der Waals surface area contributed by atoms with Crippen LogP contribution in [0.3, 0.4) is 0 Å². The predicted molar refractivity (Wildman–Crippen MR) is 167 cm³/mol. The van der Waals surface area contributed by atoms with Crippen molar-refractivity contribution < 1.29 is 76.7 Å². The molecule has 0 aliphatic carbocycles. The molecule has 29 heteroatoms. The Morgan fingerprint density at radius 3 is 1.61 bits per heavy atom. The van der Waals surface area contributed by atoms with Gasteiger partial charge in [-0.25, -0.2) is 39.0 Å². The number of nitrogens with zero attached hydrogens (tertiary/aromatic N) is 8. The van der Waals surface area contributed by atoms with E-state index in [2.05, 4.69) is 39.0 Å². The number of imidazole rings is 2. The third-order valence-corrected chi connectivity index (χ3v) is 10.7. The van der Waals surface area contributed by atoms with Gasteiger partial charge in [-0.2, -0.15) is 0 Å². The van der Waals surface area contributed by atoms with Crippen LogP contribution >= 0.6 is 23.0 Å². The molecular formula is C22H31N10O16P3. The van der Waals surface area contributed by atoms with Crippen LogP contribution in [0.25, 0.3) is 22.3 Å². The van der Waals surface area contributed by atoms with Gasteiger partial charge in [0.2, 0.25) is 0 Å². The molecule has 4 aromatic rings. The number of hydrogen-bond donors (Lipinski definition) is 10. The van der Waals surface area contributed by atoms with E-state index in [0.717, 1.165) is 12.7 Å². The maximum absolute atomic E-state index is 12.4. The number of nitrogens with two attached hydrogens (primary N) is 2. The summed E-state index contributed by atoms with van der Waals surface area (Å²) >= 11 is 0. The highest BCUT2D eigenvalue weighted by molar-refractivity contribution is 7.64. The number of ether oxygens (including phenoxy) is 2. The highest BCUT2D eigenvalue weighted by Crippen LogP contribution is 2.52. The average molecular weight is 784 g/mol. The summed E-state index contributed by atoms with van der Waals surface area (Å²) in [6.45, 7) is -1.68. The molecule has 2 fully saturated rings. The number of anilines is 2. The zero-order valence-electron chi connectivity index (χ0n) is 25.5. The zero-order valence-corrected chi connectivity index (χ0v) is 28.2. The van der Waals surface area contributed by atoms with Crippen LogP contribution in [0.5, 0.6) is 0 Å². The average Bonchev–Trinajstić information content (AvgIpc) is 3.84. The minimum absolute atomic E-state index is 0.0458. The molecular weight excluding hydrogens is 753 g/mol. The summed E-state index contributed by atoms with van der Waals surface area (Å²) in [7, 11) is -14.9. The first-order valence-corrected chi connectivity index (χ1v) is 19.3. The van der Waals surface area contributed by atoms with Crippen LogP contribution < -0.4 is 11.5 Å². The third-order valence-electron chi connectivity index (χ3n) is 7.56. The molecule has 12 N–H and O–H groups in total. The van der Waals surface area contributed by atoms with Crippen LogP contribution in [0, 0.1) is 0 Å². The molecule has 0 radical (unpaired) electrons. The molecule has 2 aliphatic rings. The lowest BCUT2D eigenvalue weighted by molar-refractivity contribution is -0.0511. The first-order valence-electron chi connectivity index (χ1n) is 14.3. The monoisotopic (exact) mass is 784 g/mol. The second-order valence-corrected chi connectivity index (χ2v) is 15.9. The van der Waals surface area contributed by atoms with Crippen molar-refractivity contribution in [1.82, 2.24) is 39.0 Å². The number of hydrogen-bond acceptors (Lipinski definition) is 22. The molecule has 6 rings (SSSR count). The second kappa shape index (κ2) is 14.4. The Morgan fingerprint density at radius 1 is 0.686 bits per heavy atom. The van der Waals surface area contributed by atoms with Crippen molar-refractivity contribution in [3.05, 3.63) is 25.3 Å². The van der Waals surface area contributed by atoms with Crippen LogP contribution in [-0.4, -0.2) is 141 Å². The smallest absolute Gasteiger partial charge is 0.387 e. The van der Waals surface area contributed by atoms with Crippen molar-refractivity contribution in [2.75, 3.05) is 31.0 Å². The first kappa shape index (κ1) is 37.7. The van der Waals surface area contributed by atoms with Gasteiger partial charge in [-0.15, -0.1) is 0 Å². The van der Waals surface area contributed by atoms with E-state index in [0.29, 0.717) is 0 Å². The van der Waals surface area contributed by atoms with Gasteiger partial charge in [0.1, 0.15) is 66.7 Å². The Bertz CT molecular complexity index is 2050. The van der Waals surface area contributed by atoms with E-state index in [4.69, 9.17) is 30.0 Å². The number of nitrogen functional groups attached to an aromatic ring is 2. The molecule has 2 aliphatic heterocycles. The van der Waals surface area contributed by atoms with E-state index in [1.54, 1.807) is 0 Å². The van der Waals surface area contributed by atoms with Gasteiger partial charge in [-0.3, -0.25) is 27.2 Å². The van der Waals surface area contributed by atoms with Crippen molar-refractivity contribution in [1.29, 1.82) is 0 Å². The molecule has 51 heavy (non-hydrogen) atoms. The molecule has 0 aromatic carbocycles. The van der Waals surface area contributed by atoms with Gasteiger partial charge in [0.05, 0.1) is 31.9 Å². The molecule has 4 aromatic heterocycles. The molecule has 280 valence electrons. The van der Waals surface area contributed by atoms with Crippen LogP contribution in [0.2, 0.25) is 0 Å². The summed E-state index contributed by atoms with van der Waals surface area (Å²) in [4.78, 5) is 64.2. The quantitative estimate of drug-likeness (QED) is 0.0600. The van der Waals surface area contributed by atoms with Gasteiger partial charge >= 0.3 is 15.6 Å². The lowest BCUT2D eigenvalue weighted by Crippen LogP contribution is -2.33. The Labute approximate surface area is 284 Å². The lowest BCUT2D eigenvalue weighted by Gasteiger charge is -2.20. The van der Waals surface area contributed by atoms with Crippen LogP contribution in [-0.2, 0) is 36.7 Å². The van der Waals surface area contributed by atoms with Crippen LogP contribution in [0.1, 0.15) is 12.5 Å². The fraction of sp³-hybridized carbons (Fsp3) is 0.500. The van der Waals surface area contributed by atoms with Gasteiger partial charge in [-0.05, 0) is 0 Å². The van der Waals surface area contributed by atoms with Crippen molar-refractivity contribution in [3.63, 3.8) is 0 Å². The van der Waals surface area contributed by atoms with Crippen molar-refractivity contribution in [2.24, 2.45) is 0 Å². The molecule has 6 heterocycles. The number of fused-ring (bicyclic) bond motifs is 2. The first-order chi connectivity index (χ1) is 24.0. The van der Waals surface area contributed by atoms with Crippen LogP contribution in [0.4, 0.5) is 11.6 Å². The molecule has 0 amide bonds. The molecule has 0 saturated carbocycles. The maximum atomic E-state index is 12.4. The summed E-state index contributed by atoms with van der Waals surface area (Å²) in [5.41, 5.74) is 12.2. The van der Waals surface area contributed by atoms with E-state index in [1.165, 1.54) is 21.8 Å². The molecule has 2 saturated heterocycles. The number of aliphatic hydroxyl groups excluding tert-OH is 4. The normalized spacial score (nSPS) is 29.4. The van der Waals surface area contributed by atoms with Gasteiger partial charge in [-0.1, -0.05) is 0 Å². The zero-order chi connectivity index (χ0) is 36.9. The molecule has 4 unspecified atom stereocenters. The minimum Gasteiger partial charge on any atom is -0.387 e. The minimum atomic E-state index is -5.15. The third kappa shape index (κ3) is 7.97.